The Balaban J connectivity index is 2.43. The van der Waals surface area contributed by atoms with Gasteiger partial charge in [0.2, 0.25) is 5.91 Å². The molecule has 0 saturated heterocycles. The first-order valence-corrected chi connectivity index (χ1v) is 7.07. The van der Waals surface area contributed by atoms with Crippen LogP contribution in [0.1, 0.15) is 36.5 Å². The highest BCUT2D eigenvalue weighted by molar-refractivity contribution is 5.95. The molecule has 0 fully saturated rings. The predicted octanol–water partition coefficient (Wildman–Crippen LogP) is 0.865. The van der Waals surface area contributed by atoms with Crippen LogP contribution in [0.2, 0.25) is 0 Å². The zero-order valence-corrected chi connectivity index (χ0v) is 12.3. The molecule has 0 aliphatic rings. The number of rotatable bonds is 8. The smallest absolute Gasteiger partial charge is 0.251 e. The Labute approximate surface area is 124 Å². The third-order valence-electron chi connectivity index (χ3n) is 2.89. The molecule has 1 unspecified atom stereocenters. The van der Waals surface area contributed by atoms with Crippen molar-refractivity contribution in [3.8, 4) is 0 Å². The van der Waals surface area contributed by atoms with Gasteiger partial charge < -0.3 is 21.5 Å². The average molecular weight is 293 g/mol. The molecule has 5 N–H and O–H groups in total. The average Bonchev–Trinajstić information content (AvgIpc) is 2.45. The Morgan fingerprint density at radius 2 is 1.95 bits per heavy atom. The minimum Gasteiger partial charge on any atom is -0.395 e. The van der Waals surface area contributed by atoms with Crippen LogP contribution in [0.4, 0.5) is 5.69 Å². The molecule has 2 amide bonds. The van der Waals surface area contributed by atoms with Crippen LogP contribution >= 0.6 is 0 Å². The van der Waals surface area contributed by atoms with Gasteiger partial charge in [0.1, 0.15) is 0 Å². The van der Waals surface area contributed by atoms with Crippen LogP contribution in [-0.2, 0) is 4.79 Å². The number of aliphatic hydroxyl groups is 1. The van der Waals surface area contributed by atoms with Crippen molar-refractivity contribution in [3.63, 3.8) is 0 Å². The minimum absolute atomic E-state index is 0.0619. The lowest BCUT2D eigenvalue weighted by Gasteiger charge is -2.08. The maximum absolute atomic E-state index is 11.7. The summed E-state index contributed by atoms with van der Waals surface area (Å²) in [6, 6.07) is 6.72. The number of carbonyl (C=O) groups excluding carboxylic acids is 2. The van der Waals surface area contributed by atoms with E-state index in [4.69, 9.17) is 10.8 Å². The molecule has 1 aromatic rings. The van der Waals surface area contributed by atoms with Crippen molar-refractivity contribution in [3.05, 3.63) is 29.8 Å². The molecule has 1 rings (SSSR count). The highest BCUT2D eigenvalue weighted by Gasteiger charge is 2.06. The van der Waals surface area contributed by atoms with Gasteiger partial charge in [-0.2, -0.15) is 0 Å². The van der Waals surface area contributed by atoms with Gasteiger partial charge in [-0.05, 0) is 44.0 Å². The van der Waals surface area contributed by atoms with E-state index in [2.05, 4.69) is 10.6 Å². The van der Waals surface area contributed by atoms with E-state index in [-0.39, 0.29) is 31.0 Å². The lowest BCUT2D eigenvalue weighted by Crippen LogP contribution is -2.26. The van der Waals surface area contributed by atoms with Gasteiger partial charge >= 0.3 is 0 Å². The van der Waals surface area contributed by atoms with Crippen LogP contribution in [-0.4, -0.2) is 36.1 Å². The largest absolute Gasteiger partial charge is 0.395 e. The fourth-order valence-electron chi connectivity index (χ4n) is 1.78. The molecule has 0 heterocycles. The molecule has 1 aromatic carbocycles. The molecule has 0 saturated carbocycles. The number of carbonyl (C=O) groups is 2. The Morgan fingerprint density at radius 3 is 2.52 bits per heavy atom. The fourth-order valence-corrected chi connectivity index (χ4v) is 1.78. The van der Waals surface area contributed by atoms with E-state index < -0.39 is 0 Å². The first-order chi connectivity index (χ1) is 10.0. The standard InChI is InChI=1S/C15H23N3O3/c1-11(16)3-2-4-14(20)18-13-7-5-12(6-8-13)15(21)17-9-10-19/h5-8,11,19H,2-4,9-10,16H2,1H3,(H,17,21)(H,18,20). The third-order valence-corrected chi connectivity index (χ3v) is 2.89. The van der Waals surface area contributed by atoms with Crippen molar-refractivity contribution in [2.45, 2.75) is 32.2 Å². The molecule has 21 heavy (non-hydrogen) atoms. The number of benzene rings is 1. The van der Waals surface area contributed by atoms with E-state index in [1.54, 1.807) is 24.3 Å². The molecule has 0 aliphatic carbocycles. The summed E-state index contributed by atoms with van der Waals surface area (Å²) in [5, 5.41) is 14.0. The van der Waals surface area contributed by atoms with Gasteiger partial charge in [-0.1, -0.05) is 0 Å². The summed E-state index contributed by atoms with van der Waals surface area (Å²) in [5.41, 5.74) is 6.76. The van der Waals surface area contributed by atoms with Gasteiger partial charge in [0.05, 0.1) is 6.61 Å². The van der Waals surface area contributed by atoms with Crippen LogP contribution in [0.15, 0.2) is 24.3 Å². The Morgan fingerprint density at radius 1 is 1.29 bits per heavy atom. The number of nitrogens with one attached hydrogen (secondary N) is 2. The summed E-state index contributed by atoms with van der Waals surface area (Å²) in [5.74, 6) is -0.313. The second kappa shape index (κ2) is 9.10. The first kappa shape index (κ1) is 17.1. The van der Waals surface area contributed by atoms with E-state index in [0.717, 1.165) is 12.8 Å². The molecular formula is C15H23N3O3. The number of nitrogens with two attached hydrogens (primary N) is 1. The molecule has 0 aliphatic heterocycles. The summed E-state index contributed by atoms with van der Waals surface area (Å²) < 4.78 is 0. The summed E-state index contributed by atoms with van der Waals surface area (Å²) in [4.78, 5) is 23.3. The van der Waals surface area contributed by atoms with Crippen molar-refractivity contribution in [1.82, 2.24) is 5.32 Å². The monoisotopic (exact) mass is 293 g/mol. The highest BCUT2D eigenvalue weighted by atomic mass is 16.3. The highest BCUT2D eigenvalue weighted by Crippen LogP contribution is 2.10. The lowest BCUT2D eigenvalue weighted by atomic mass is 10.1. The minimum atomic E-state index is -0.251. The maximum atomic E-state index is 11.7. The molecule has 116 valence electrons. The summed E-state index contributed by atoms with van der Waals surface area (Å²) >= 11 is 0. The van der Waals surface area contributed by atoms with Gasteiger partial charge in [-0.15, -0.1) is 0 Å². The zero-order valence-electron chi connectivity index (χ0n) is 12.3. The maximum Gasteiger partial charge on any atom is 0.251 e. The van der Waals surface area contributed by atoms with Crippen LogP contribution in [0.3, 0.4) is 0 Å². The van der Waals surface area contributed by atoms with Crippen LogP contribution in [0.5, 0.6) is 0 Å². The van der Waals surface area contributed by atoms with Crippen molar-refractivity contribution in [2.24, 2.45) is 5.73 Å². The van der Waals surface area contributed by atoms with E-state index >= 15 is 0 Å². The molecule has 6 nitrogen and oxygen atoms in total. The molecular weight excluding hydrogens is 270 g/mol. The number of hydrogen-bond acceptors (Lipinski definition) is 4. The van der Waals surface area contributed by atoms with Crippen molar-refractivity contribution >= 4 is 17.5 Å². The molecule has 0 bridgehead atoms. The van der Waals surface area contributed by atoms with Gasteiger partial charge in [-0.25, -0.2) is 0 Å². The predicted molar refractivity (Wildman–Crippen MR) is 82.0 cm³/mol. The summed E-state index contributed by atoms with van der Waals surface area (Å²) in [6.45, 7) is 2.04. The van der Waals surface area contributed by atoms with Gasteiger partial charge in [0.25, 0.3) is 5.91 Å². The van der Waals surface area contributed by atoms with Gasteiger partial charge in [0, 0.05) is 30.3 Å². The number of hydrogen-bond donors (Lipinski definition) is 4. The number of amides is 2. The number of anilines is 1. The molecule has 6 heteroatoms. The Bertz CT molecular complexity index is 458. The quantitative estimate of drug-likeness (QED) is 0.570. The van der Waals surface area contributed by atoms with Crippen LogP contribution < -0.4 is 16.4 Å². The van der Waals surface area contributed by atoms with Crippen molar-refractivity contribution < 1.29 is 14.7 Å². The Hall–Kier alpha value is -1.92. The molecule has 0 spiro atoms. The van der Waals surface area contributed by atoms with Crippen molar-refractivity contribution in [1.29, 1.82) is 0 Å². The SMILES string of the molecule is CC(N)CCCC(=O)Nc1ccc(C(=O)NCCO)cc1. The van der Waals surface area contributed by atoms with Crippen LogP contribution in [0.25, 0.3) is 0 Å². The molecule has 0 aromatic heterocycles. The second-order valence-corrected chi connectivity index (χ2v) is 4.97. The summed E-state index contributed by atoms with van der Waals surface area (Å²) in [7, 11) is 0. The first-order valence-electron chi connectivity index (χ1n) is 7.07. The van der Waals surface area contributed by atoms with Gasteiger partial charge in [0.15, 0.2) is 0 Å². The Kier molecular flexibility index (Phi) is 7.42. The van der Waals surface area contributed by atoms with Gasteiger partial charge in [-0.3, -0.25) is 9.59 Å². The normalized spacial score (nSPS) is 11.8. The van der Waals surface area contributed by atoms with E-state index in [1.165, 1.54) is 0 Å². The van der Waals surface area contributed by atoms with E-state index in [9.17, 15) is 9.59 Å². The van der Waals surface area contributed by atoms with Crippen molar-refractivity contribution in [2.75, 3.05) is 18.5 Å². The van der Waals surface area contributed by atoms with E-state index in [1.807, 2.05) is 6.92 Å². The van der Waals surface area contributed by atoms with E-state index in [0.29, 0.717) is 17.7 Å². The molecule has 0 radical (unpaired) electrons. The molecule has 1 atom stereocenters. The lowest BCUT2D eigenvalue weighted by molar-refractivity contribution is -0.116. The topological polar surface area (TPSA) is 104 Å². The number of aliphatic hydroxyl groups excluding tert-OH is 1. The zero-order chi connectivity index (χ0) is 15.7. The fraction of sp³-hybridized carbons (Fsp3) is 0.467. The summed E-state index contributed by atoms with van der Waals surface area (Å²) in [6.07, 6.45) is 2.00. The second-order valence-electron chi connectivity index (χ2n) is 4.97. The third kappa shape index (κ3) is 6.87. The van der Waals surface area contributed by atoms with Crippen LogP contribution in [0, 0.1) is 0 Å².